The maximum absolute atomic E-state index is 9.83. The van der Waals surface area contributed by atoms with Crippen molar-refractivity contribution in [2.45, 2.75) is 39.4 Å². The van der Waals surface area contributed by atoms with Crippen molar-refractivity contribution in [3.8, 4) is 0 Å². The molecule has 20 heavy (non-hydrogen) atoms. The van der Waals surface area contributed by atoms with E-state index in [1.807, 2.05) is 24.3 Å². The number of halogens is 1. The second-order valence-electron chi connectivity index (χ2n) is 5.10. The van der Waals surface area contributed by atoms with Crippen LogP contribution in [0.5, 0.6) is 0 Å². The second kappa shape index (κ2) is 10.2. The molecule has 0 aliphatic heterocycles. The average Bonchev–Trinajstić information content (AvgIpc) is 2.46. The predicted octanol–water partition coefficient (Wildman–Crippen LogP) is 3.24. The summed E-state index contributed by atoms with van der Waals surface area (Å²) in [5.41, 5.74) is 0.950. The zero-order valence-corrected chi connectivity index (χ0v) is 13.2. The number of rotatable bonds is 10. The molecule has 0 spiro atoms. The maximum Gasteiger partial charge on any atom is 0.0897 e. The van der Waals surface area contributed by atoms with Crippen molar-refractivity contribution in [3.63, 3.8) is 0 Å². The van der Waals surface area contributed by atoms with E-state index in [-0.39, 0.29) is 0 Å². The Kier molecular flexibility index (Phi) is 8.86. The first-order valence-electron chi connectivity index (χ1n) is 7.37. The second-order valence-corrected chi connectivity index (χ2v) is 5.51. The molecule has 1 atom stereocenters. The molecule has 0 bridgehead atoms. The largest absolute Gasteiger partial charge is 0.389 e. The Bertz CT molecular complexity index is 369. The number of hydrogen-bond donors (Lipinski definition) is 2. The summed E-state index contributed by atoms with van der Waals surface area (Å²) in [6.07, 6.45) is 1.86. The smallest absolute Gasteiger partial charge is 0.0897 e. The van der Waals surface area contributed by atoms with Gasteiger partial charge in [-0.25, -0.2) is 0 Å². The molecule has 0 heterocycles. The molecule has 0 aliphatic carbocycles. The topological polar surface area (TPSA) is 41.5 Å². The van der Waals surface area contributed by atoms with Crippen molar-refractivity contribution in [2.24, 2.45) is 5.92 Å². The van der Waals surface area contributed by atoms with Crippen LogP contribution < -0.4 is 5.32 Å². The molecule has 0 aliphatic rings. The Morgan fingerprint density at radius 2 is 1.90 bits per heavy atom. The summed E-state index contributed by atoms with van der Waals surface area (Å²) in [5, 5.41) is 13.8. The Hall–Kier alpha value is -0.610. The molecule has 0 saturated carbocycles. The van der Waals surface area contributed by atoms with Gasteiger partial charge in [0.2, 0.25) is 0 Å². The van der Waals surface area contributed by atoms with E-state index in [1.54, 1.807) is 0 Å². The van der Waals surface area contributed by atoms with Crippen LogP contribution in [0.4, 0.5) is 0 Å². The number of aliphatic hydroxyl groups is 1. The van der Waals surface area contributed by atoms with Crippen molar-refractivity contribution in [2.75, 3.05) is 19.7 Å². The summed E-state index contributed by atoms with van der Waals surface area (Å²) in [7, 11) is 0. The molecule has 3 nitrogen and oxygen atoms in total. The molecule has 1 unspecified atom stereocenters. The molecule has 1 rings (SSSR count). The molecule has 1 aromatic carbocycles. The molecule has 4 heteroatoms. The fourth-order valence-electron chi connectivity index (χ4n) is 2.01. The van der Waals surface area contributed by atoms with Crippen molar-refractivity contribution in [1.82, 2.24) is 5.32 Å². The molecule has 0 radical (unpaired) electrons. The monoisotopic (exact) mass is 299 g/mol. The Labute approximate surface area is 127 Å². The van der Waals surface area contributed by atoms with Crippen molar-refractivity contribution in [1.29, 1.82) is 0 Å². The van der Waals surface area contributed by atoms with E-state index >= 15 is 0 Å². The third-order valence-electron chi connectivity index (χ3n) is 3.49. The van der Waals surface area contributed by atoms with E-state index < -0.39 is 6.10 Å². The summed E-state index contributed by atoms with van der Waals surface area (Å²) in [6.45, 7) is 6.66. The molecule has 0 amide bonds. The third-order valence-corrected chi connectivity index (χ3v) is 3.86. The van der Waals surface area contributed by atoms with Crippen LogP contribution in [-0.4, -0.2) is 30.9 Å². The van der Waals surface area contributed by atoms with Crippen LogP contribution in [0.15, 0.2) is 24.3 Å². The van der Waals surface area contributed by atoms with Crippen molar-refractivity contribution in [3.05, 3.63) is 34.9 Å². The minimum absolute atomic E-state index is 0.321. The van der Waals surface area contributed by atoms with E-state index in [9.17, 15) is 5.11 Å². The van der Waals surface area contributed by atoms with Crippen LogP contribution in [-0.2, 0) is 11.3 Å². The lowest BCUT2D eigenvalue weighted by molar-refractivity contribution is 0.0285. The quantitative estimate of drug-likeness (QED) is 0.697. The summed E-state index contributed by atoms with van der Waals surface area (Å²) in [6, 6.07) is 7.59. The van der Waals surface area contributed by atoms with Crippen LogP contribution in [0.1, 0.15) is 32.3 Å². The van der Waals surface area contributed by atoms with Gasteiger partial charge in [0.1, 0.15) is 0 Å². The number of hydrogen-bond acceptors (Lipinski definition) is 3. The summed E-state index contributed by atoms with van der Waals surface area (Å²) in [4.78, 5) is 0. The van der Waals surface area contributed by atoms with Gasteiger partial charge in [-0.2, -0.15) is 0 Å². The summed E-state index contributed by atoms with van der Waals surface area (Å²) >= 11 is 6.04. The van der Waals surface area contributed by atoms with Gasteiger partial charge < -0.3 is 15.2 Å². The Balaban J connectivity index is 2.14. The van der Waals surface area contributed by atoms with Gasteiger partial charge in [-0.3, -0.25) is 0 Å². The van der Waals surface area contributed by atoms with Gasteiger partial charge in [0.15, 0.2) is 0 Å². The van der Waals surface area contributed by atoms with E-state index in [1.165, 1.54) is 12.8 Å². The van der Waals surface area contributed by atoms with E-state index in [4.69, 9.17) is 16.3 Å². The predicted molar refractivity (Wildman–Crippen MR) is 84.1 cm³/mol. The number of benzene rings is 1. The molecule has 114 valence electrons. The van der Waals surface area contributed by atoms with E-state index in [0.29, 0.717) is 30.7 Å². The molecule has 0 fully saturated rings. The highest BCUT2D eigenvalue weighted by Gasteiger charge is 2.07. The van der Waals surface area contributed by atoms with Gasteiger partial charge in [-0.15, -0.1) is 0 Å². The van der Waals surface area contributed by atoms with Gasteiger partial charge >= 0.3 is 0 Å². The van der Waals surface area contributed by atoms with E-state index in [0.717, 1.165) is 12.1 Å². The minimum atomic E-state index is -0.480. The van der Waals surface area contributed by atoms with Gasteiger partial charge in [0, 0.05) is 11.6 Å². The molecule has 0 aromatic heterocycles. The van der Waals surface area contributed by atoms with Crippen molar-refractivity contribution >= 4 is 11.6 Å². The third kappa shape index (κ3) is 6.71. The lowest BCUT2D eigenvalue weighted by Crippen LogP contribution is -2.33. The zero-order chi connectivity index (χ0) is 14.8. The summed E-state index contributed by atoms with van der Waals surface area (Å²) in [5.74, 6) is 0.686. The van der Waals surface area contributed by atoms with Gasteiger partial charge in [-0.05, 0) is 24.1 Å². The molecular weight excluding hydrogens is 274 g/mol. The van der Waals surface area contributed by atoms with Crippen molar-refractivity contribution < 1.29 is 9.84 Å². The first kappa shape index (κ1) is 17.4. The normalized spacial score (nSPS) is 12.8. The zero-order valence-electron chi connectivity index (χ0n) is 12.4. The van der Waals surface area contributed by atoms with Crippen LogP contribution in [0.2, 0.25) is 5.02 Å². The highest BCUT2D eigenvalue weighted by molar-refractivity contribution is 6.31. The van der Waals surface area contributed by atoms with Crippen LogP contribution in [0.3, 0.4) is 0 Å². The Morgan fingerprint density at radius 1 is 1.20 bits per heavy atom. The lowest BCUT2D eigenvalue weighted by atomic mass is 10.0. The fourth-order valence-corrected chi connectivity index (χ4v) is 2.20. The highest BCUT2D eigenvalue weighted by Crippen LogP contribution is 2.15. The molecule has 2 N–H and O–H groups in total. The van der Waals surface area contributed by atoms with Crippen LogP contribution in [0, 0.1) is 5.92 Å². The van der Waals surface area contributed by atoms with E-state index in [2.05, 4.69) is 19.2 Å². The lowest BCUT2D eigenvalue weighted by Gasteiger charge is -2.16. The first-order chi connectivity index (χ1) is 9.67. The standard InChI is InChI=1S/C16H26ClNO2/c1-3-13(4-2)9-18-10-15(19)12-20-11-14-7-5-6-8-16(14)17/h5-8,13,15,18-19H,3-4,9-12H2,1-2H3. The fraction of sp³-hybridized carbons (Fsp3) is 0.625. The SMILES string of the molecule is CCC(CC)CNCC(O)COCc1ccccc1Cl. The first-order valence-corrected chi connectivity index (χ1v) is 7.75. The molecule has 1 aromatic rings. The van der Waals surface area contributed by atoms with Crippen LogP contribution in [0.25, 0.3) is 0 Å². The van der Waals surface area contributed by atoms with Crippen LogP contribution >= 0.6 is 11.6 Å². The minimum Gasteiger partial charge on any atom is -0.389 e. The highest BCUT2D eigenvalue weighted by atomic mass is 35.5. The summed E-state index contributed by atoms with van der Waals surface area (Å²) < 4.78 is 5.50. The van der Waals surface area contributed by atoms with Gasteiger partial charge in [0.25, 0.3) is 0 Å². The molecule has 0 saturated heterocycles. The maximum atomic E-state index is 9.83. The number of nitrogens with one attached hydrogen (secondary N) is 1. The number of ether oxygens (including phenoxy) is 1. The number of aliphatic hydroxyl groups excluding tert-OH is 1. The van der Waals surface area contributed by atoms with Gasteiger partial charge in [0.05, 0.1) is 19.3 Å². The Morgan fingerprint density at radius 3 is 2.55 bits per heavy atom. The van der Waals surface area contributed by atoms with Gasteiger partial charge in [-0.1, -0.05) is 56.5 Å². The molecular formula is C16H26ClNO2. The average molecular weight is 300 g/mol.